The van der Waals surface area contributed by atoms with Crippen LogP contribution in [0.4, 0.5) is 0 Å². The molecule has 0 radical (unpaired) electrons. The van der Waals surface area contributed by atoms with E-state index in [1.165, 1.54) is 19.3 Å². The summed E-state index contributed by atoms with van der Waals surface area (Å²) in [4.78, 5) is 12.0. The maximum Gasteiger partial charge on any atom is 0.163 e. The fourth-order valence-corrected chi connectivity index (χ4v) is 2.29. The van der Waals surface area contributed by atoms with Crippen molar-refractivity contribution < 1.29 is 14.3 Å². The topological polar surface area (TPSA) is 35.5 Å². The maximum absolute atomic E-state index is 12.0. The summed E-state index contributed by atoms with van der Waals surface area (Å²) >= 11 is 0. The molecule has 0 amide bonds. The van der Waals surface area contributed by atoms with E-state index in [9.17, 15) is 4.79 Å². The van der Waals surface area contributed by atoms with Gasteiger partial charge in [-0.3, -0.25) is 4.79 Å². The molecule has 0 unspecified atom stereocenters. The van der Waals surface area contributed by atoms with Gasteiger partial charge in [0.2, 0.25) is 0 Å². The van der Waals surface area contributed by atoms with Crippen molar-refractivity contribution >= 4 is 5.78 Å². The lowest BCUT2D eigenvalue weighted by Gasteiger charge is -2.24. The molecule has 17 heavy (non-hydrogen) atoms. The van der Waals surface area contributed by atoms with Crippen molar-refractivity contribution in [1.82, 2.24) is 0 Å². The van der Waals surface area contributed by atoms with E-state index in [1.54, 1.807) is 0 Å². The van der Waals surface area contributed by atoms with E-state index >= 15 is 0 Å². The fourth-order valence-electron chi connectivity index (χ4n) is 2.29. The third kappa shape index (κ3) is 2.14. The van der Waals surface area contributed by atoms with E-state index in [0.717, 1.165) is 11.3 Å². The molecule has 1 aliphatic carbocycles. The first kappa shape index (κ1) is 10.6. The molecule has 1 aliphatic heterocycles. The third-order valence-corrected chi connectivity index (χ3v) is 3.56. The van der Waals surface area contributed by atoms with E-state index in [2.05, 4.69) is 0 Å². The quantitative estimate of drug-likeness (QED) is 0.752. The molecule has 3 rings (SSSR count). The number of carbonyl (C=O) groups is 1. The summed E-state index contributed by atoms with van der Waals surface area (Å²) in [5.74, 6) is 2.29. The highest BCUT2D eigenvalue weighted by molar-refractivity contribution is 5.96. The summed E-state index contributed by atoms with van der Waals surface area (Å²) in [6, 6.07) is 5.49. The van der Waals surface area contributed by atoms with Crippen molar-refractivity contribution in [1.29, 1.82) is 0 Å². The summed E-state index contributed by atoms with van der Waals surface area (Å²) in [5, 5.41) is 0. The number of carbonyl (C=O) groups excluding carboxylic acids is 1. The highest BCUT2D eigenvalue weighted by atomic mass is 16.6. The lowest BCUT2D eigenvalue weighted by atomic mass is 9.81. The number of fused-ring (bicyclic) bond motifs is 1. The molecule has 1 fully saturated rings. The van der Waals surface area contributed by atoms with Gasteiger partial charge >= 0.3 is 0 Å². The highest BCUT2D eigenvalue weighted by Gasteiger charge is 2.22. The first-order valence-corrected chi connectivity index (χ1v) is 6.26. The molecule has 3 nitrogen and oxygen atoms in total. The van der Waals surface area contributed by atoms with Crippen LogP contribution in [0.1, 0.15) is 36.0 Å². The van der Waals surface area contributed by atoms with Crippen molar-refractivity contribution in [2.45, 2.75) is 25.7 Å². The predicted octanol–water partition coefficient (Wildman–Crippen LogP) is 2.83. The Kier molecular flexibility index (Phi) is 2.75. The average molecular weight is 232 g/mol. The van der Waals surface area contributed by atoms with Gasteiger partial charge in [0.25, 0.3) is 0 Å². The summed E-state index contributed by atoms with van der Waals surface area (Å²) in [5.41, 5.74) is 0.751. The molecule has 1 saturated carbocycles. The Hall–Kier alpha value is -1.51. The van der Waals surface area contributed by atoms with Crippen LogP contribution in [0.25, 0.3) is 0 Å². The standard InChI is InChI=1S/C14H16O3/c15-12(8-10-2-1-3-10)11-4-5-13-14(9-11)17-7-6-16-13/h4-5,9-10H,1-3,6-8H2. The average Bonchev–Trinajstić information content (AvgIpc) is 2.33. The molecule has 0 spiro atoms. The molecule has 0 bridgehead atoms. The van der Waals surface area contributed by atoms with Crippen LogP contribution in [0.3, 0.4) is 0 Å². The van der Waals surface area contributed by atoms with Crippen LogP contribution in [-0.2, 0) is 0 Å². The van der Waals surface area contributed by atoms with Gasteiger partial charge in [-0.2, -0.15) is 0 Å². The number of hydrogen-bond acceptors (Lipinski definition) is 3. The number of benzene rings is 1. The summed E-state index contributed by atoms with van der Waals surface area (Å²) in [6.45, 7) is 1.15. The van der Waals surface area contributed by atoms with E-state index in [0.29, 0.717) is 31.3 Å². The molecule has 3 heteroatoms. The number of hydrogen-bond donors (Lipinski definition) is 0. The van der Waals surface area contributed by atoms with Gasteiger partial charge in [-0.05, 0) is 24.1 Å². The Morgan fingerprint density at radius 3 is 2.65 bits per heavy atom. The fraction of sp³-hybridized carbons (Fsp3) is 0.500. The van der Waals surface area contributed by atoms with Gasteiger partial charge in [0.1, 0.15) is 13.2 Å². The Balaban J connectivity index is 1.75. The van der Waals surface area contributed by atoms with E-state index < -0.39 is 0 Å². The summed E-state index contributed by atoms with van der Waals surface area (Å²) in [7, 11) is 0. The third-order valence-electron chi connectivity index (χ3n) is 3.56. The van der Waals surface area contributed by atoms with Crippen LogP contribution in [0.15, 0.2) is 18.2 Å². The van der Waals surface area contributed by atoms with Gasteiger partial charge in [-0.1, -0.05) is 19.3 Å². The molecular weight excluding hydrogens is 216 g/mol. The Morgan fingerprint density at radius 2 is 1.94 bits per heavy atom. The van der Waals surface area contributed by atoms with E-state index in [-0.39, 0.29) is 5.78 Å². The van der Waals surface area contributed by atoms with Crippen molar-refractivity contribution in [3.63, 3.8) is 0 Å². The van der Waals surface area contributed by atoms with Gasteiger partial charge in [0.15, 0.2) is 17.3 Å². The minimum atomic E-state index is 0.228. The Bertz CT molecular complexity index is 435. The zero-order valence-electron chi connectivity index (χ0n) is 9.78. The second kappa shape index (κ2) is 4.40. The monoisotopic (exact) mass is 232 g/mol. The summed E-state index contributed by atoms with van der Waals surface area (Å²) in [6.07, 6.45) is 4.37. The second-order valence-corrected chi connectivity index (χ2v) is 4.78. The molecule has 0 N–H and O–H groups in total. The first-order chi connectivity index (χ1) is 8.33. The molecule has 0 atom stereocenters. The number of ether oxygens (including phenoxy) is 2. The van der Waals surface area contributed by atoms with Gasteiger partial charge in [-0.15, -0.1) is 0 Å². The van der Waals surface area contributed by atoms with Crippen LogP contribution < -0.4 is 9.47 Å². The lowest BCUT2D eigenvalue weighted by Crippen LogP contribution is -2.17. The minimum Gasteiger partial charge on any atom is -0.486 e. The number of ketones is 1. The van der Waals surface area contributed by atoms with E-state index in [4.69, 9.17) is 9.47 Å². The predicted molar refractivity (Wildman–Crippen MR) is 63.7 cm³/mol. The molecule has 0 saturated heterocycles. The van der Waals surface area contributed by atoms with Gasteiger partial charge < -0.3 is 9.47 Å². The zero-order chi connectivity index (χ0) is 11.7. The summed E-state index contributed by atoms with van der Waals surface area (Å²) < 4.78 is 10.9. The Labute approximate surface area is 101 Å². The Morgan fingerprint density at radius 1 is 1.18 bits per heavy atom. The van der Waals surface area contributed by atoms with Gasteiger partial charge in [0.05, 0.1) is 0 Å². The largest absolute Gasteiger partial charge is 0.486 e. The molecular formula is C14H16O3. The van der Waals surface area contributed by atoms with Crippen LogP contribution in [0, 0.1) is 5.92 Å². The molecule has 0 aromatic heterocycles. The molecule has 1 aromatic carbocycles. The maximum atomic E-state index is 12.0. The van der Waals surface area contributed by atoms with Crippen molar-refractivity contribution in [2.75, 3.05) is 13.2 Å². The molecule has 1 heterocycles. The minimum absolute atomic E-state index is 0.228. The smallest absolute Gasteiger partial charge is 0.163 e. The van der Waals surface area contributed by atoms with Crippen molar-refractivity contribution in [3.8, 4) is 11.5 Å². The lowest BCUT2D eigenvalue weighted by molar-refractivity contribution is 0.0935. The second-order valence-electron chi connectivity index (χ2n) is 4.78. The molecule has 1 aromatic rings. The highest BCUT2D eigenvalue weighted by Crippen LogP contribution is 2.33. The number of Topliss-reactive ketones (excluding diaryl/α,β-unsaturated/α-hetero) is 1. The molecule has 2 aliphatic rings. The first-order valence-electron chi connectivity index (χ1n) is 6.26. The van der Waals surface area contributed by atoms with Crippen molar-refractivity contribution in [2.24, 2.45) is 5.92 Å². The zero-order valence-corrected chi connectivity index (χ0v) is 9.78. The van der Waals surface area contributed by atoms with Gasteiger partial charge in [-0.25, -0.2) is 0 Å². The van der Waals surface area contributed by atoms with Crippen LogP contribution in [0.2, 0.25) is 0 Å². The molecule has 90 valence electrons. The van der Waals surface area contributed by atoms with Crippen molar-refractivity contribution in [3.05, 3.63) is 23.8 Å². The van der Waals surface area contributed by atoms with Gasteiger partial charge in [0, 0.05) is 12.0 Å². The van der Waals surface area contributed by atoms with Crippen LogP contribution >= 0.6 is 0 Å². The SMILES string of the molecule is O=C(CC1CCC1)c1ccc2c(c1)OCCO2. The van der Waals surface area contributed by atoms with Crippen LogP contribution in [-0.4, -0.2) is 19.0 Å². The number of rotatable bonds is 3. The normalized spacial score (nSPS) is 18.6. The van der Waals surface area contributed by atoms with E-state index in [1.807, 2.05) is 18.2 Å². The van der Waals surface area contributed by atoms with Crippen LogP contribution in [0.5, 0.6) is 11.5 Å².